The van der Waals surface area contributed by atoms with E-state index in [1.54, 1.807) is 6.07 Å². The molecule has 168 valence electrons. The molecule has 1 unspecified atom stereocenters. The van der Waals surface area contributed by atoms with Gasteiger partial charge in [0.05, 0.1) is 30.1 Å². The van der Waals surface area contributed by atoms with Crippen LogP contribution in [0.1, 0.15) is 17.3 Å². The van der Waals surface area contributed by atoms with E-state index < -0.39 is 23.6 Å². The number of halogens is 5. The van der Waals surface area contributed by atoms with E-state index in [4.69, 9.17) is 27.9 Å². The highest BCUT2D eigenvalue weighted by molar-refractivity contribution is 6.38. The number of aromatic nitrogens is 2. The molecule has 0 radical (unpaired) electrons. The number of hydrogen-bond donors (Lipinski definition) is 1. The highest BCUT2D eigenvalue weighted by Crippen LogP contribution is 2.34. The van der Waals surface area contributed by atoms with E-state index in [9.17, 15) is 23.2 Å². The molecule has 1 N–H and O–H groups in total. The molecule has 0 aliphatic carbocycles. The van der Waals surface area contributed by atoms with Crippen LogP contribution in [0, 0.1) is 11.3 Å². The van der Waals surface area contributed by atoms with E-state index in [1.165, 1.54) is 24.8 Å². The number of nitriles is 1. The number of methoxy groups -OCH3 is 1. The minimum atomic E-state index is -4.84. The monoisotopic (exact) mass is 486 g/mol. The van der Waals surface area contributed by atoms with Crippen molar-refractivity contribution in [3.8, 4) is 17.7 Å². The van der Waals surface area contributed by atoms with Crippen molar-refractivity contribution >= 4 is 40.0 Å². The molecule has 12 heteroatoms. The third-order valence-electron chi connectivity index (χ3n) is 4.36. The van der Waals surface area contributed by atoms with Crippen molar-refractivity contribution in [2.24, 2.45) is 0 Å². The van der Waals surface area contributed by atoms with Gasteiger partial charge in [-0.1, -0.05) is 23.2 Å². The van der Waals surface area contributed by atoms with Crippen LogP contribution >= 0.6 is 23.2 Å². The van der Waals surface area contributed by atoms with Crippen LogP contribution in [0.25, 0.3) is 10.9 Å². The molecule has 7 nitrogen and oxygen atoms in total. The van der Waals surface area contributed by atoms with E-state index in [1.807, 2.05) is 6.07 Å². The van der Waals surface area contributed by atoms with Gasteiger partial charge in [-0.25, -0.2) is 4.68 Å². The molecule has 2 aromatic carbocycles. The van der Waals surface area contributed by atoms with E-state index in [2.05, 4.69) is 15.2 Å². The summed E-state index contributed by atoms with van der Waals surface area (Å²) in [5, 5.41) is 17.8. The van der Waals surface area contributed by atoms with Gasteiger partial charge in [0.2, 0.25) is 5.88 Å². The fraction of sp³-hybridized carbons (Fsp3) is 0.250. The maximum Gasteiger partial charge on any atom is 0.573 e. The molecule has 0 spiro atoms. The SMILES string of the molecule is COc1c2cc(Cl)cc(Cl)c2nn1CC(C)(C#N)NC(=O)c1ccc(OC(F)(F)F)cc1. The third-order valence-corrected chi connectivity index (χ3v) is 4.87. The highest BCUT2D eigenvalue weighted by Gasteiger charge is 2.32. The van der Waals surface area contributed by atoms with Crippen molar-refractivity contribution in [1.29, 1.82) is 5.26 Å². The molecule has 1 heterocycles. The molecule has 3 aromatic rings. The van der Waals surface area contributed by atoms with Gasteiger partial charge in [-0.2, -0.15) is 10.4 Å². The number of hydrogen-bond acceptors (Lipinski definition) is 5. The topological polar surface area (TPSA) is 89.2 Å². The fourth-order valence-electron chi connectivity index (χ4n) is 2.99. The Morgan fingerprint density at radius 2 is 1.91 bits per heavy atom. The average Bonchev–Trinajstić information content (AvgIpc) is 3.04. The van der Waals surface area contributed by atoms with Crippen LogP contribution in [-0.2, 0) is 6.54 Å². The number of carbonyl (C=O) groups is 1. The number of nitrogens with zero attached hydrogens (tertiary/aromatic N) is 3. The molecule has 0 saturated carbocycles. The first-order chi connectivity index (χ1) is 14.9. The zero-order valence-corrected chi connectivity index (χ0v) is 18.1. The van der Waals surface area contributed by atoms with Crippen LogP contribution in [0.2, 0.25) is 10.0 Å². The van der Waals surface area contributed by atoms with E-state index in [-0.39, 0.29) is 23.0 Å². The molecular formula is C20H15Cl2F3N4O3. The average molecular weight is 487 g/mol. The summed E-state index contributed by atoms with van der Waals surface area (Å²) in [6, 6.07) is 9.44. The molecule has 0 aliphatic heterocycles. The summed E-state index contributed by atoms with van der Waals surface area (Å²) in [7, 11) is 1.41. The normalized spacial score (nSPS) is 13.3. The summed E-state index contributed by atoms with van der Waals surface area (Å²) in [5.74, 6) is -0.862. The Labute approximate surface area is 190 Å². The molecular weight excluding hydrogens is 472 g/mol. The van der Waals surface area contributed by atoms with Gasteiger partial charge in [0.15, 0.2) is 0 Å². The van der Waals surface area contributed by atoms with Crippen LogP contribution in [0.15, 0.2) is 36.4 Å². The number of nitrogens with one attached hydrogen (secondary N) is 1. The number of carbonyl (C=O) groups excluding carboxylic acids is 1. The second-order valence-electron chi connectivity index (χ2n) is 6.92. The number of alkyl halides is 3. The van der Waals surface area contributed by atoms with Gasteiger partial charge in [0, 0.05) is 10.6 Å². The van der Waals surface area contributed by atoms with Gasteiger partial charge in [0.1, 0.15) is 16.8 Å². The van der Waals surface area contributed by atoms with Crippen LogP contribution < -0.4 is 14.8 Å². The van der Waals surface area contributed by atoms with Crippen molar-refractivity contribution in [2.75, 3.05) is 7.11 Å². The second kappa shape index (κ2) is 8.76. The predicted molar refractivity (Wildman–Crippen MR) is 111 cm³/mol. The van der Waals surface area contributed by atoms with E-state index in [0.29, 0.717) is 15.9 Å². The zero-order valence-electron chi connectivity index (χ0n) is 16.6. The van der Waals surface area contributed by atoms with Gasteiger partial charge in [0.25, 0.3) is 5.91 Å². The van der Waals surface area contributed by atoms with Gasteiger partial charge >= 0.3 is 6.36 Å². The summed E-state index contributed by atoms with van der Waals surface area (Å²) in [6.07, 6.45) is -4.84. The Bertz CT molecular complexity index is 1210. The second-order valence-corrected chi connectivity index (χ2v) is 7.76. The maximum atomic E-state index is 12.6. The number of benzene rings is 2. The van der Waals surface area contributed by atoms with Crippen LogP contribution in [0.4, 0.5) is 13.2 Å². The van der Waals surface area contributed by atoms with Gasteiger partial charge < -0.3 is 14.8 Å². The number of fused-ring (bicyclic) bond motifs is 1. The molecule has 32 heavy (non-hydrogen) atoms. The molecule has 0 saturated heterocycles. The first-order valence-electron chi connectivity index (χ1n) is 8.94. The molecule has 3 rings (SSSR count). The molecule has 1 atom stereocenters. The largest absolute Gasteiger partial charge is 0.573 e. The van der Waals surface area contributed by atoms with Crippen molar-refractivity contribution in [3.63, 3.8) is 0 Å². The standard InChI is InChI=1S/C20H15Cl2F3N4O3/c1-19(9-26,27-17(30)11-3-5-13(6-4-11)32-20(23,24)25)10-29-18(31-2)14-7-12(21)8-15(22)16(14)28-29/h3-8H,10H2,1-2H3,(H,27,30). The van der Waals surface area contributed by atoms with Crippen LogP contribution in [0.5, 0.6) is 11.6 Å². The predicted octanol–water partition coefficient (Wildman–Crippen LogP) is 4.96. The first kappa shape index (κ1) is 23.5. The number of ether oxygens (including phenoxy) is 2. The lowest BCUT2D eigenvalue weighted by atomic mass is 10.0. The Kier molecular flexibility index (Phi) is 6.44. The Morgan fingerprint density at radius 3 is 2.47 bits per heavy atom. The van der Waals surface area contributed by atoms with Crippen molar-refractivity contribution in [2.45, 2.75) is 25.4 Å². The van der Waals surface area contributed by atoms with Crippen molar-refractivity contribution < 1.29 is 27.4 Å². The lowest BCUT2D eigenvalue weighted by molar-refractivity contribution is -0.274. The van der Waals surface area contributed by atoms with Crippen molar-refractivity contribution in [1.82, 2.24) is 15.1 Å². The van der Waals surface area contributed by atoms with Crippen LogP contribution in [-0.4, -0.2) is 34.7 Å². The van der Waals surface area contributed by atoms with Gasteiger partial charge in [-0.15, -0.1) is 13.2 Å². The first-order valence-corrected chi connectivity index (χ1v) is 9.69. The Morgan fingerprint density at radius 1 is 1.25 bits per heavy atom. The zero-order chi connectivity index (χ0) is 23.7. The minimum absolute atomic E-state index is 0.0356. The summed E-state index contributed by atoms with van der Waals surface area (Å²) in [6.45, 7) is 1.35. The molecule has 1 aromatic heterocycles. The third kappa shape index (κ3) is 5.18. The van der Waals surface area contributed by atoms with Gasteiger partial charge in [-0.05, 0) is 43.3 Å². The van der Waals surface area contributed by atoms with Crippen molar-refractivity contribution in [3.05, 3.63) is 52.0 Å². The lowest BCUT2D eigenvalue weighted by Crippen LogP contribution is -2.48. The van der Waals surface area contributed by atoms with Crippen LogP contribution in [0.3, 0.4) is 0 Å². The molecule has 0 fully saturated rings. The number of amides is 1. The molecule has 1 amide bonds. The van der Waals surface area contributed by atoms with Gasteiger partial charge in [-0.3, -0.25) is 4.79 Å². The summed E-state index contributed by atoms with van der Waals surface area (Å²) in [5.41, 5.74) is -1.02. The quantitative estimate of drug-likeness (QED) is 0.531. The Balaban J connectivity index is 1.84. The molecule has 0 aliphatic rings. The fourth-order valence-corrected chi connectivity index (χ4v) is 3.52. The maximum absolute atomic E-state index is 12.6. The smallest absolute Gasteiger partial charge is 0.481 e. The number of rotatable bonds is 6. The molecule has 0 bridgehead atoms. The minimum Gasteiger partial charge on any atom is -0.481 e. The summed E-state index contributed by atoms with van der Waals surface area (Å²) < 4.78 is 47.4. The summed E-state index contributed by atoms with van der Waals surface area (Å²) >= 11 is 12.2. The Hall–Kier alpha value is -3.16. The van der Waals surface area contributed by atoms with E-state index >= 15 is 0 Å². The lowest BCUT2D eigenvalue weighted by Gasteiger charge is -2.24. The highest BCUT2D eigenvalue weighted by atomic mass is 35.5. The summed E-state index contributed by atoms with van der Waals surface area (Å²) in [4.78, 5) is 12.6. The van der Waals surface area contributed by atoms with E-state index in [0.717, 1.165) is 24.3 Å².